The molecule has 2 aromatic rings. The fraction of sp³-hybridized carbons (Fsp3) is 0.316. The number of aliphatic imine (C=N–C) groups is 1. The minimum Gasteiger partial charge on any atom is -0.372 e. The van der Waals surface area contributed by atoms with Crippen LogP contribution in [0.5, 0.6) is 0 Å². The Kier molecular flexibility index (Phi) is 4.42. The lowest BCUT2D eigenvalue weighted by Crippen LogP contribution is -2.33. The quantitative estimate of drug-likeness (QED) is 0.751. The zero-order valence-corrected chi connectivity index (χ0v) is 13.4. The third-order valence-electron chi connectivity index (χ3n) is 4.52. The smallest absolute Gasteiger partial charge is 0.159 e. The highest BCUT2D eigenvalue weighted by Gasteiger charge is 2.21. The van der Waals surface area contributed by atoms with Crippen molar-refractivity contribution in [1.29, 1.82) is 0 Å². The van der Waals surface area contributed by atoms with E-state index in [-0.39, 0.29) is 0 Å². The Morgan fingerprint density at radius 2 is 2.04 bits per heavy atom. The van der Waals surface area contributed by atoms with Gasteiger partial charge in [0.15, 0.2) is 11.6 Å². The van der Waals surface area contributed by atoms with Crippen LogP contribution < -0.4 is 4.90 Å². The maximum atomic E-state index is 13.2. The van der Waals surface area contributed by atoms with Crippen LogP contribution in [0, 0.1) is 11.6 Å². The van der Waals surface area contributed by atoms with E-state index in [0.717, 1.165) is 24.6 Å². The molecule has 1 aliphatic heterocycles. The molecular formula is C19H20F2N2. The van der Waals surface area contributed by atoms with Crippen LogP contribution in [-0.2, 0) is 12.8 Å². The Hall–Kier alpha value is -2.23. The van der Waals surface area contributed by atoms with Crippen LogP contribution in [-0.4, -0.2) is 19.3 Å². The van der Waals surface area contributed by atoms with E-state index < -0.39 is 11.6 Å². The maximum absolute atomic E-state index is 13.2. The minimum absolute atomic E-state index is 0.479. The normalized spacial score (nSPS) is 17.6. The standard InChI is InChI=1S/C19H20F2N2/c1-13-6-8-15-18(4-3-5-19(15)23(13)2)22-11-10-14-7-9-16(20)17(21)12-14/h3-5,7,9,11-13H,6,8,10H2,1-2H3. The number of benzene rings is 2. The van der Waals surface area contributed by atoms with Crippen molar-refractivity contribution in [3.05, 3.63) is 59.2 Å². The van der Waals surface area contributed by atoms with Crippen LogP contribution >= 0.6 is 0 Å². The van der Waals surface area contributed by atoms with Gasteiger partial charge in [-0.2, -0.15) is 0 Å². The topological polar surface area (TPSA) is 15.6 Å². The molecule has 0 aromatic heterocycles. The van der Waals surface area contributed by atoms with Gasteiger partial charge in [-0.1, -0.05) is 12.1 Å². The zero-order valence-electron chi connectivity index (χ0n) is 13.4. The lowest BCUT2D eigenvalue weighted by molar-refractivity contribution is 0.507. The molecule has 0 saturated heterocycles. The monoisotopic (exact) mass is 314 g/mol. The van der Waals surface area contributed by atoms with Gasteiger partial charge in [0.25, 0.3) is 0 Å². The van der Waals surface area contributed by atoms with E-state index in [4.69, 9.17) is 0 Å². The molecule has 0 N–H and O–H groups in total. The van der Waals surface area contributed by atoms with Crippen molar-refractivity contribution < 1.29 is 8.78 Å². The molecule has 0 fully saturated rings. The van der Waals surface area contributed by atoms with Crippen molar-refractivity contribution in [3.8, 4) is 0 Å². The number of halogens is 2. The molecule has 1 aliphatic rings. The molecule has 0 spiro atoms. The first-order valence-electron chi connectivity index (χ1n) is 7.87. The Bertz CT molecular complexity index is 740. The van der Waals surface area contributed by atoms with Gasteiger partial charge in [0, 0.05) is 37.0 Å². The predicted octanol–water partition coefficient (Wildman–Crippen LogP) is 4.68. The van der Waals surface area contributed by atoms with Gasteiger partial charge in [-0.3, -0.25) is 4.99 Å². The van der Waals surface area contributed by atoms with Crippen LogP contribution in [0.15, 0.2) is 41.4 Å². The fourth-order valence-electron chi connectivity index (χ4n) is 2.97. The summed E-state index contributed by atoms with van der Waals surface area (Å²) in [4.78, 5) is 6.84. The summed E-state index contributed by atoms with van der Waals surface area (Å²) in [6, 6.07) is 10.6. The lowest BCUT2D eigenvalue weighted by atomic mass is 9.96. The first-order valence-corrected chi connectivity index (χ1v) is 7.87. The number of hydrogen-bond acceptors (Lipinski definition) is 2. The van der Waals surface area contributed by atoms with Crippen molar-refractivity contribution in [2.75, 3.05) is 11.9 Å². The van der Waals surface area contributed by atoms with Gasteiger partial charge < -0.3 is 4.90 Å². The van der Waals surface area contributed by atoms with E-state index in [1.807, 2.05) is 12.1 Å². The molecule has 1 unspecified atom stereocenters. The highest BCUT2D eigenvalue weighted by Crippen LogP contribution is 2.35. The van der Waals surface area contributed by atoms with E-state index in [1.165, 1.54) is 17.3 Å². The van der Waals surface area contributed by atoms with Crippen molar-refractivity contribution >= 4 is 17.6 Å². The average Bonchev–Trinajstić information content (AvgIpc) is 2.55. The van der Waals surface area contributed by atoms with Gasteiger partial charge in [0.2, 0.25) is 0 Å². The molecular weight excluding hydrogens is 294 g/mol. The summed E-state index contributed by atoms with van der Waals surface area (Å²) < 4.78 is 26.1. The van der Waals surface area contributed by atoms with Crippen LogP contribution in [0.1, 0.15) is 24.5 Å². The summed E-state index contributed by atoms with van der Waals surface area (Å²) in [5, 5.41) is 0. The van der Waals surface area contributed by atoms with Gasteiger partial charge in [-0.15, -0.1) is 0 Å². The number of fused-ring (bicyclic) bond motifs is 1. The van der Waals surface area contributed by atoms with Gasteiger partial charge in [-0.05, 0) is 49.6 Å². The first-order chi connectivity index (χ1) is 11.1. The number of hydrogen-bond donors (Lipinski definition) is 0. The summed E-state index contributed by atoms with van der Waals surface area (Å²) in [6.45, 7) is 2.22. The molecule has 1 heterocycles. The van der Waals surface area contributed by atoms with Crippen LogP contribution in [0.25, 0.3) is 0 Å². The van der Waals surface area contributed by atoms with Crippen LogP contribution in [0.4, 0.5) is 20.2 Å². The molecule has 0 amide bonds. The summed E-state index contributed by atoms with van der Waals surface area (Å²) in [5.74, 6) is -1.64. The molecule has 4 heteroatoms. The fourth-order valence-corrected chi connectivity index (χ4v) is 2.97. The molecule has 2 aromatic carbocycles. The summed E-state index contributed by atoms with van der Waals surface area (Å²) in [7, 11) is 2.11. The molecule has 120 valence electrons. The number of nitrogens with zero attached hydrogens (tertiary/aromatic N) is 2. The minimum atomic E-state index is -0.819. The third kappa shape index (κ3) is 3.26. The molecule has 1 atom stereocenters. The molecule has 23 heavy (non-hydrogen) atoms. The zero-order chi connectivity index (χ0) is 16.4. The van der Waals surface area contributed by atoms with Crippen LogP contribution in [0.2, 0.25) is 0 Å². The SMILES string of the molecule is CC1CCc2c(N=CCc3ccc(F)c(F)c3)cccc2N1C. The molecule has 0 radical (unpaired) electrons. The van der Waals surface area contributed by atoms with Gasteiger partial charge in [0.05, 0.1) is 5.69 Å². The molecule has 0 aliphatic carbocycles. The number of anilines is 1. The Labute approximate surface area is 135 Å². The average molecular weight is 314 g/mol. The van der Waals surface area contributed by atoms with Gasteiger partial charge >= 0.3 is 0 Å². The summed E-state index contributed by atoms with van der Waals surface area (Å²) in [5.41, 5.74) is 4.16. The maximum Gasteiger partial charge on any atom is 0.159 e. The first kappa shape index (κ1) is 15.7. The highest BCUT2D eigenvalue weighted by atomic mass is 19.2. The third-order valence-corrected chi connectivity index (χ3v) is 4.52. The Balaban J connectivity index is 1.79. The summed E-state index contributed by atoms with van der Waals surface area (Å²) >= 11 is 0. The predicted molar refractivity (Wildman–Crippen MR) is 90.8 cm³/mol. The van der Waals surface area contributed by atoms with E-state index >= 15 is 0 Å². The van der Waals surface area contributed by atoms with Crippen molar-refractivity contribution in [2.24, 2.45) is 4.99 Å². The largest absolute Gasteiger partial charge is 0.372 e. The molecule has 2 nitrogen and oxygen atoms in total. The Morgan fingerprint density at radius 3 is 2.83 bits per heavy atom. The van der Waals surface area contributed by atoms with Gasteiger partial charge in [-0.25, -0.2) is 8.78 Å². The second kappa shape index (κ2) is 6.49. The Morgan fingerprint density at radius 1 is 1.22 bits per heavy atom. The molecule has 0 bridgehead atoms. The van der Waals surface area contributed by atoms with E-state index in [2.05, 4.69) is 29.9 Å². The summed E-state index contributed by atoms with van der Waals surface area (Å²) in [6.07, 6.45) is 4.37. The molecule has 0 saturated carbocycles. The second-order valence-corrected chi connectivity index (χ2v) is 6.04. The molecule has 3 rings (SSSR count). The lowest BCUT2D eigenvalue weighted by Gasteiger charge is -2.34. The number of rotatable bonds is 3. The van der Waals surface area contributed by atoms with E-state index in [0.29, 0.717) is 18.0 Å². The second-order valence-electron chi connectivity index (χ2n) is 6.04. The van der Waals surface area contributed by atoms with Crippen molar-refractivity contribution in [2.45, 2.75) is 32.2 Å². The van der Waals surface area contributed by atoms with Gasteiger partial charge in [0.1, 0.15) is 0 Å². The van der Waals surface area contributed by atoms with Crippen molar-refractivity contribution in [3.63, 3.8) is 0 Å². The van der Waals surface area contributed by atoms with Crippen LogP contribution in [0.3, 0.4) is 0 Å². The van der Waals surface area contributed by atoms with Crippen molar-refractivity contribution in [1.82, 2.24) is 0 Å². The van der Waals surface area contributed by atoms with E-state index in [9.17, 15) is 8.78 Å². The highest BCUT2D eigenvalue weighted by molar-refractivity contribution is 5.72. The van der Waals surface area contributed by atoms with E-state index in [1.54, 1.807) is 12.3 Å².